The van der Waals surface area contributed by atoms with Gasteiger partial charge in [0.05, 0.1) is 6.61 Å². The molecule has 0 amide bonds. The van der Waals surface area contributed by atoms with Crippen molar-refractivity contribution in [2.75, 3.05) is 18.5 Å². The number of hydrogen-bond acceptors (Lipinski definition) is 2. The highest BCUT2D eigenvalue weighted by atomic mass is 16.3. The predicted molar refractivity (Wildman–Crippen MR) is 77.1 cm³/mol. The van der Waals surface area contributed by atoms with Crippen molar-refractivity contribution in [1.82, 2.24) is 0 Å². The largest absolute Gasteiger partial charge is 0.396 e. The van der Waals surface area contributed by atoms with Crippen molar-refractivity contribution in [2.45, 2.75) is 46.0 Å². The molecule has 0 saturated carbocycles. The molecule has 0 radical (unpaired) electrons. The standard InChI is InChI=1S/C16H25NO/c1-3-16(2,12-18)11-17-15-10-6-8-13-7-4-5-9-14(13)15/h6,8,10,17-18H,3-5,7,9,11-12H2,1-2H3. The molecule has 1 aromatic carbocycles. The second-order valence-electron chi connectivity index (χ2n) is 5.83. The Morgan fingerprint density at radius 1 is 1.28 bits per heavy atom. The van der Waals surface area contributed by atoms with Crippen LogP contribution in [0.25, 0.3) is 0 Å². The lowest BCUT2D eigenvalue weighted by Crippen LogP contribution is -2.30. The van der Waals surface area contributed by atoms with E-state index in [1.807, 2.05) is 0 Å². The van der Waals surface area contributed by atoms with Gasteiger partial charge in [0.2, 0.25) is 0 Å². The molecule has 1 aliphatic rings. The van der Waals surface area contributed by atoms with Crippen LogP contribution in [0.4, 0.5) is 5.69 Å². The minimum atomic E-state index is -0.0165. The Bertz CT molecular complexity index is 396. The van der Waals surface area contributed by atoms with E-state index in [0.717, 1.165) is 13.0 Å². The molecule has 2 N–H and O–H groups in total. The fourth-order valence-electron chi connectivity index (χ4n) is 2.55. The molecule has 0 aliphatic heterocycles. The summed E-state index contributed by atoms with van der Waals surface area (Å²) in [5.41, 5.74) is 4.27. The molecular formula is C16H25NO. The first-order valence-corrected chi connectivity index (χ1v) is 7.14. The molecule has 100 valence electrons. The Morgan fingerprint density at radius 2 is 2.06 bits per heavy atom. The fraction of sp³-hybridized carbons (Fsp3) is 0.625. The fourth-order valence-corrected chi connectivity index (χ4v) is 2.55. The molecule has 0 saturated heterocycles. The van der Waals surface area contributed by atoms with Gasteiger partial charge in [-0.3, -0.25) is 0 Å². The van der Waals surface area contributed by atoms with Crippen LogP contribution in [-0.2, 0) is 12.8 Å². The van der Waals surface area contributed by atoms with Gasteiger partial charge >= 0.3 is 0 Å². The van der Waals surface area contributed by atoms with Crippen LogP contribution in [0.5, 0.6) is 0 Å². The summed E-state index contributed by atoms with van der Waals surface area (Å²) in [4.78, 5) is 0. The van der Waals surface area contributed by atoms with Gasteiger partial charge in [0, 0.05) is 17.6 Å². The van der Waals surface area contributed by atoms with Crippen LogP contribution in [0.15, 0.2) is 18.2 Å². The van der Waals surface area contributed by atoms with E-state index in [1.54, 1.807) is 0 Å². The van der Waals surface area contributed by atoms with E-state index in [-0.39, 0.29) is 12.0 Å². The van der Waals surface area contributed by atoms with Crippen molar-refractivity contribution in [3.05, 3.63) is 29.3 Å². The van der Waals surface area contributed by atoms with Crippen LogP contribution in [-0.4, -0.2) is 18.3 Å². The van der Waals surface area contributed by atoms with Crippen molar-refractivity contribution >= 4 is 5.69 Å². The predicted octanol–water partition coefficient (Wildman–Crippen LogP) is 3.39. The Balaban J connectivity index is 2.10. The number of fused-ring (bicyclic) bond motifs is 1. The zero-order valence-corrected chi connectivity index (χ0v) is 11.6. The number of aliphatic hydroxyl groups is 1. The summed E-state index contributed by atoms with van der Waals surface area (Å²) in [6, 6.07) is 6.58. The minimum absolute atomic E-state index is 0.0165. The van der Waals surface area contributed by atoms with Gasteiger partial charge in [-0.1, -0.05) is 26.0 Å². The molecule has 1 aromatic rings. The first-order valence-electron chi connectivity index (χ1n) is 7.14. The van der Waals surface area contributed by atoms with Gasteiger partial charge in [0.25, 0.3) is 0 Å². The summed E-state index contributed by atoms with van der Waals surface area (Å²) < 4.78 is 0. The Hall–Kier alpha value is -1.02. The Labute approximate surface area is 110 Å². The molecule has 1 atom stereocenters. The lowest BCUT2D eigenvalue weighted by molar-refractivity contribution is 0.149. The molecule has 2 nitrogen and oxygen atoms in total. The van der Waals surface area contributed by atoms with Gasteiger partial charge < -0.3 is 10.4 Å². The van der Waals surface area contributed by atoms with E-state index in [0.29, 0.717) is 0 Å². The van der Waals surface area contributed by atoms with Gasteiger partial charge in [-0.25, -0.2) is 0 Å². The topological polar surface area (TPSA) is 32.3 Å². The lowest BCUT2D eigenvalue weighted by Gasteiger charge is -2.28. The van der Waals surface area contributed by atoms with Crippen molar-refractivity contribution in [3.63, 3.8) is 0 Å². The third-order valence-electron chi connectivity index (χ3n) is 4.34. The average molecular weight is 247 g/mol. The molecule has 0 aromatic heterocycles. The molecule has 18 heavy (non-hydrogen) atoms. The molecule has 0 bridgehead atoms. The van der Waals surface area contributed by atoms with Crippen LogP contribution >= 0.6 is 0 Å². The number of benzene rings is 1. The first kappa shape index (κ1) is 13.4. The number of aryl methyl sites for hydroxylation is 1. The van der Waals surface area contributed by atoms with Crippen LogP contribution in [0.3, 0.4) is 0 Å². The number of rotatable bonds is 5. The SMILES string of the molecule is CCC(C)(CO)CNc1cccc2c1CCCC2. The zero-order valence-electron chi connectivity index (χ0n) is 11.6. The molecule has 0 fully saturated rings. The summed E-state index contributed by atoms with van der Waals surface area (Å²) in [7, 11) is 0. The maximum atomic E-state index is 9.46. The molecule has 2 rings (SSSR count). The highest BCUT2D eigenvalue weighted by Gasteiger charge is 2.21. The molecular weight excluding hydrogens is 222 g/mol. The van der Waals surface area contributed by atoms with Crippen LogP contribution < -0.4 is 5.32 Å². The van der Waals surface area contributed by atoms with Gasteiger partial charge in [0.1, 0.15) is 0 Å². The van der Waals surface area contributed by atoms with Crippen molar-refractivity contribution in [3.8, 4) is 0 Å². The van der Waals surface area contributed by atoms with E-state index in [2.05, 4.69) is 37.4 Å². The van der Waals surface area contributed by atoms with Gasteiger partial charge in [-0.05, 0) is 49.3 Å². The lowest BCUT2D eigenvalue weighted by atomic mass is 9.87. The van der Waals surface area contributed by atoms with Gasteiger partial charge in [-0.2, -0.15) is 0 Å². The minimum Gasteiger partial charge on any atom is -0.396 e. The number of aliphatic hydroxyl groups excluding tert-OH is 1. The maximum absolute atomic E-state index is 9.46. The van der Waals surface area contributed by atoms with Crippen molar-refractivity contribution in [1.29, 1.82) is 0 Å². The average Bonchev–Trinajstić information content (AvgIpc) is 2.44. The van der Waals surface area contributed by atoms with Crippen LogP contribution in [0.2, 0.25) is 0 Å². The van der Waals surface area contributed by atoms with E-state index in [4.69, 9.17) is 0 Å². The second kappa shape index (κ2) is 5.75. The maximum Gasteiger partial charge on any atom is 0.0501 e. The van der Waals surface area contributed by atoms with Gasteiger partial charge in [-0.15, -0.1) is 0 Å². The number of anilines is 1. The van der Waals surface area contributed by atoms with E-state index < -0.39 is 0 Å². The number of nitrogens with one attached hydrogen (secondary N) is 1. The monoisotopic (exact) mass is 247 g/mol. The second-order valence-corrected chi connectivity index (χ2v) is 5.83. The normalized spacial score (nSPS) is 17.9. The van der Waals surface area contributed by atoms with Gasteiger partial charge in [0.15, 0.2) is 0 Å². The first-order chi connectivity index (χ1) is 8.68. The molecule has 0 spiro atoms. The summed E-state index contributed by atoms with van der Waals surface area (Å²) >= 11 is 0. The highest BCUT2D eigenvalue weighted by molar-refractivity contribution is 5.55. The summed E-state index contributed by atoms with van der Waals surface area (Å²) in [5.74, 6) is 0. The van der Waals surface area contributed by atoms with Crippen LogP contribution in [0, 0.1) is 5.41 Å². The Morgan fingerprint density at radius 3 is 2.78 bits per heavy atom. The van der Waals surface area contributed by atoms with E-state index in [1.165, 1.54) is 42.5 Å². The molecule has 0 heterocycles. The molecule has 1 unspecified atom stereocenters. The van der Waals surface area contributed by atoms with E-state index in [9.17, 15) is 5.11 Å². The van der Waals surface area contributed by atoms with E-state index >= 15 is 0 Å². The zero-order chi connectivity index (χ0) is 13.0. The molecule has 1 aliphatic carbocycles. The number of hydrogen-bond donors (Lipinski definition) is 2. The molecule has 2 heteroatoms. The smallest absolute Gasteiger partial charge is 0.0501 e. The summed E-state index contributed by atoms with van der Waals surface area (Å²) in [6.45, 7) is 5.36. The quantitative estimate of drug-likeness (QED) is 0.836. The van der Waals surface area contributed by atoms with Crippen LogP contribution in [0.1, 0.15) is 44.2 Å². The third kappa shape index (κ3) is 2.86. The summed E-state index contributed by atoms with van der Waals surface area (Å²) in [5, 5.41) is 13.0. The summed E-state index contributed by atoms with van der Waals surface area (Å²) in [6.07, 6.45) is 6.03. The third-order valence-corrected chi connectivity index (χ3v) is 4.34. The van der Waals surface area contributed by atoms with Crippen molar-refractivity contribution in [2.24, 2.45) is 5.41 Å². The Kier molecular flexibility index (Phi) is 4.28. The van der Waals surface area contributed by atoms with Crippen molar-refractivity contribution < 1.29 is 5.11 Å². The highest BCUT2D eigenvalue weighted by Crippen LogP contribution is 2.29.